The minimum Gasteiger partial charge on any atom is -0.444 e. The largest absolute Gasteiger partial charge is 0.444 e. The Morgan fingerprint density at radius 2 is 1.77 bits per heavy atom. The smallest absolute Gasteiger partial charge is 0.410 e. The molecule has 0 radical (unpaired) electrons. The fraction of sp³-hybridized carbons (Fsp3) is 0.452. The number of carbonyl (C=O) groups excluding carboxylic acids is 2. The highest BCUT2D eigenvalue weighted by atomic mass is 32.2. The Balaban J connectivity index is 1.50. The molecule has 1 N–H and O–H groups in total. The van der Waals surface area contributed by atoms with Gasteiger partial charge in [-0.15, -0.1) is 11.3 Å². The first-order chi connectivity index (χ1) is 20.3. The number of hydrogen-bond donors (Lipinski definition) is 1. The molecule has 4 rings (SSSR count). The van der Waals surface area contributed by atoms with Crippen LogP contribution in [0.1, 0.15) is 53.9 Å². The van der Waals surface area contributed by atoms with Crippen LogP contribution in [0.2, 0.25) is 0 Å². The summed E-state index contributed by atoms with van der Waals surface area (Å²) in [6.45, 7) is 11.4. The third kappa shape index (κ3) is 8.93. The average Bonchev–Trinajstić information content (AvgIpc) is 3.47. The Morgan fingerprint density at radius 3 is 2.37 bits per heavy atom. The highest BCUT2D eigenvalue weighted by Crippen LogP contribution is 2.38. The number of rotatable bonds is 10. The van der Waals surface area contributed by atoms with Crippen LogP contribution in [-0.4, -0.2) is 55.5 Å². The van der Waals surface area contributed by atoms with Crippen LogP contribution in [0.4, 0.5) is 21.3 Å². The van der Waals surface area contributed by atoms with Gasteiger partial charge in [0.15, 0.2) is 10.9 Å². The zero-order chi connectivity index (χ0) is 31.2. The summed E-state index contributed by atoms with van der Waals surface area (Å²) in [5, 5.41) is 5.43. The second-order valence-corrected chi connectivity index (χ2v) is 14.4. The monoisotopic (exact) mass is 628 g/mol. The quantitative estimate of drug-likeness (QED) is 0.247. The van der Waals surface area contributed by atoms with E-state index in [0.717, 1.165) is 12.2 Å². The Hall–Kier alpha value is -3.64. The second-order valence-electron chi connectivity index (χ2n) is 12.0. The summed E-state index contributed by atoms with van der Waals surface area (Å²) in [5.41, 5.74) is 0.521. The van der Waals surface area contributed by atoms with Crippen molar-refractivity contribution < 1.29 is 26.9 Å². The minimum absolute atomic E-state index is 0.00118. The fourth-order valence-corrected chi connectivity index (χ4v) is 6.21. The molecule has 232 valence electrons. The van der Waals surface area contributed by atoms with Crippen molar-refractivity contribution in [3.63, 3.8) is 0 Å². The van der Waals surface area contributed by atoms with Crippen molar-refractivity contribution >= 4 is 50.0 Å². The topological polar surface area (TPSA) is 118 Å². The first-order valence-electron chi connectivity index (χ1n) is 14.4. The van der Waals surface area contributed by atoms with Crippen LogP contribution in [-0.2, 0) is 19.6 Å². The van der Waals surface area contributed by atoms with Gasteiger partial charge in [0, 0.05) is 43.3 Å². The molecule has 1 fully saturated rings. The molecule has 1 aliphatic heterocycles. The summed E-state index contributed by atoms with van der Waals surface area (Å²) >= 11 is 1.27. The van der Waals surface area contributed by atoms with Crippen molar-refractivity contribution in [1.29, 1.82) is 0 Å². The standard InChI is InChI=1S/C31H40N4O6S2/c1-22(2)21-33-24-10-12-25(13-11-24)43(38,39)41-27-9-7-6-8-26(27)35(29-32-16-19-42-29)28(36)20-23-14-17-34(18-15-23)30(37)40-31(3,4)5/h6-13,16,19,22-23,33H,14-15,17-18,20-21H2,1-5H3. The number of nitrogens with one attached hydrogen (secondary N) is 1. The van der Waals surface area contributed by atoms with Crippen molar-refractivity contribution in [3.05, 3.63) is 60.1 Å². The molecule has 0 bridgehead atoms. The number of amides is 2. The van der Waals surface area contributed by atoms with E-state index in [1.165, 1.54) is 34.4 Å². The molecule has 43 heavy (non-hydrogen) atoms. The van der Waals surface area contributed by atoms with E-state index in [1.807, 2.05) is 20.8 Å². The molecule has 1 aromatic heterocycles. The number of piperidine rings is 1. The van der Waals surface area contributed by atoms with E-state index in [2.05, 4.69) is 24.1 Å². The first-order valence-corrected chi connectivity index (χ1v) is 16.7. The number of thiazole rings is 1. The van der Waals surface area contributed by atoms with Gasteiger partial charge in [-0.3, -0.25) is 9.69 Å². The van der Waals surface area contributed by atoms with E-state index in [1.54, 1.807) is 46.8 Å². The van der Waals surface area contributed by atoms with E-state index in [0.29, 0.717) is 37.0 Å². The summed E-state index contributed by atoms with van der Waals surface area (Å²) in [4.78, 5) is 33.7. The zero-order valence-electron chi connectivity index (χ0n) is 25.3. The number of anilines is 3. The van der Waals surface area contributed by atoms with E-state index in [4.69, 9.17) is 8.92 Å². The third-order valence-corrected chi connectivity index (χ3v) is 8.76. The lowest BCUT2D eigenvalue weighted by molar-refractivity contribution is -0.119. The molecule has 0 unspecified atom stereocenters. The van der Waals surface area contributed by atoms with Crippen LogP contribution >= 0.6 is 11.3 Å². The minimum atomic E-state index is -4.20. The van der Waals surface area contributed by atoms with Gasteiger partial charge < -0.3 is 19.1 Å². The van der Waals surface area contributed by atoms with Crippen LogP contribution < -0.4 is 14.4 Å². The molecule has 0 saturated carbocycles. The van der Waals surface area contributed by atoms with Crippen LogP contribution in [0.5, 0.6) is 5.75 Å². The van der Waals surface area contributed by atoms with Crippen LogP contribution in [0.15, 0.2) is 65.0 Å². The Bertz CT molecular complexity index is 1480. The normalized spacial score (nSPS) is 14.4. The molecule has 10 nitrogen and oxygen atoms in total. The number of para-hydroxylation sites is 2. The molecular weight excluding hydrogens is 588 g/mol. The van der Waals surface area contributed by atoms with Gasteiger partial charge in [-0.1, -0.05) is 26.0 Å². The maximum Gasteiger partial charge on any atom is 0.410 e. The molecule has 0 spiro atoms. The average molecular weight is 629 g/mol. The van der Waals surface area contributed by atoms with Gasteiger partial charge in [0.2, 0.25) is 5.91 Å². The molecule has 0 atom stereocenters. The zero-order valence-corrected chi connectivity index (χ0v) is 26.9. The van der Waals surface area contributed by atoms with Crippen LogP contribution in [0, 0.1) is 11.8 Å². The summed E-state index contributed by atoms with van der Waals surface area (Å²) < 4.78 is 37.7. The molecular formula is C31H40N4O6S2. The lowest BCUT2D eigenvalue weighted by atomic mass is 9.93. The van der Waals surface area contributed by atoms with Crippen molar-refractivity contribution in [2.24, 2.45) is 11.8 Å². The van der Waals surface area contributed by atoms with Gasteiger partial charge in [-0.25, -0.2) is 9.78 Å². The summed E-state index contributed by atoms with van der Waals surface area (Å²) in [6, 6.07) is 12.9. The van der Waals surface area contributed by atoms with Gasteiger partial charge in [-0.05, 0) is 81.8 Å². The van der Waals surface area contributed by atoms with E-state index in [9.17, 15) is 18.0 Å². The van der Waals surface area contributed by atoms with Gasteiger partial charge in [0.05, 0.1) is 5.69 Å². The number of benzene rings is 2. The SMILES string of the molecule is CC(C)CNc1ccc(S(=O)(=O)Oc2ccccc2N(C(=O)CC2CCN(C(=O)OC(C)(C)C)CC2)c2nccs2)cc1. The van der Waals surface area contributed by atoms with Crippen molar-refractivity contribution in [2.45, 2.75) is 64.4 Å². The van der Waals surface area contributed by atoms with Gasteiger partial charge >= 0.3 is 16.2 Å². The van der Waals surface area contributed by atoms with E-state index >= 15 is 0 Å². The lowest BCUT2D eigenvalue weighted by Gasteiger charge is -2.34. The number of nitrogens with zero attached hydrogens (tertiary/aromatic N) is 3. The predicted molar refractivity (Wildman–Crippen MR) is 168 cm³/mol. The van der Waals surface area contributed by atoms with Crippen molar-refractivity contribution in [2.75, 3.05) is 29.9 Å². The number of carbonyl (C=O) groups is 2. The number of ether oxygens (including phenoxy) is 1. The van der Waals surface area contributed by atoms with Gasteiger partial charge in [-0.2, -0.15) is 8.42 Å². The molecule has 1 aliphatic rings. The molecule has 3 aromatic rings. The maximum absolute atomic E-state index is 13.8. The van der Waals surface area contributed by atoms with E-state index in [-0.39, 0.29) is 40.7 Å². The van der Waals surface area contributed by atoms with Crippen LogP contribution in [0.25, 0.3) is 0 Å². The van der Waals surface area contributed by atoms with Crippen molar-refractivity contribution in [1.82, 2.24) is 9.88 Å². The third-order valence-electron chi connectivity index (χ3n) is 6.75. The van der Waals surface area contributed by atoms with Gasteiger partial charge in [0.1, 0.15) is 10.5 Å². The highest BCUT2D eigenvalue weighted by molar-refractivity contribution is 7.87. The molecule has 12 heteroatoms. The summed E-state index contributed by atoms with van der Waals surface area (Å²) in [7, 11) is -4.20. The molecule has 2 aromatic carbocycles. The number of likely N-dealkylation sites (tertiary alicyclic amines) is 1. The summed E-state index contributed by atoms with van der Waals surface area (Å²) in [5.74, 6) is 0.262. The molecule has 2 amide bonds. The van der Waals surface area contributed by atoms with Gasteiger partial charge in [0.25, 0.3) is 0 Å². The molecule has 1 saturated heterocycles. The lowest BCUT2D eigenvalue weighted by Crippen LogP contribution is -2.42. The maximum atomic E-state index is 13.8. The number of hydrogen-bond acceptors (Lipinski definition) is 9. The van der Waals surface area contributed by atoms with E-state index < -0.39 is 15.7 Å². The van der Waals surface area contributed by atoms with Crippen molar-refractivity contribution in [3.8, 4) is 5.75 Å². The van der Waals surface area contributed by atoms with Crippen LogP contribution in [0.3, 0.4) is 0 Å². The second kappa shape index (κ2) is 13.8. The Morgan fingerprint density at radius 1 is 1.09 bits per heavy atom. The molecule has 2 heterocycles. The Kier molecular flexibility index (Phi) is 10.3. The Labute approximate surface area is 258 Å². The number of aromatic nitrogens is 1. The predicted octanol–water partition coefficient (Wildman–Crippen LogP) is 6.68. The highest BCUT2D eigenvalue weighted by Gasteiger charge is 2.31. The fourth-order valence-electron chi connectivity index (χ4n) is 4.59. The molecule has 0 aliphatic carbocycles. The summed E-state index contributed by atoms with van der Waals surface area (Å²) in [6.07, 6.45) is 2.73. The first kappa shape index (κ1) is 32.3.